The number of aliphatic hydroxyl groups is 2. The summed E-state index contributed by atoms with van der Waals surface area (Å²) in [5.41, 5.74) is 23.1. The standard InChI is InChI=1S/C55H89N15O16S/c1-9-27(6)42(51(82)63-35(17-19-40(74)75)46(77)64-36(54(85)86)15-12-20-60-55(58)59)68-50(81)41(26(4)5)67-52(83)44(29(8)72)70-53(84)43(28(7)71)69-49(80)38(22-30-23-61-33-14-11-10-13-31(30)33)66-47(78)34(16-18-39(57)73)62-48(79)37(21-25(2)3)65-45(76)32(56)24-87/h10-11,13-14,23,25-29,32,34-38,41-44,61,71-72,87H,9,12,15-22,24,56H2,1-8H3,(H2,57,73)(H,62,79)(H,63,82)(H,64,77)(H,65,76)(H,66,78)(H,67,83)(H,68,81)(H,69,80)(H,70,84)(H,74,75)(H,85,86)(H4,58,59,60)/t27-,28+,29+,32-,34-,35-,36-,37-,38-,41-,42-,43-,44-/m0/s1. The quantitative estimate of drug-likeness (QED) is 0.0132. The summed E-state index contributed by atoms with van der Waals surface area (Å²) in [6.45, 7) is 12.1. The molecule has 1 aromatic heterocycles. The number of amides is 10. The number of carbonyl (C=O) groups is 12. The number of carbonyl (C=O) groups excluding carboxylic acids is 10. The third-order valence-electron chi connectivity index (χ3n) is 13.9. The van der Waals surface area contributed by atoms with Crippen LogP contribution < -0.4 is 70.8 Å². The molecule has 1 heterocycles. The largest absolute Gasteiger partial charge is 0.481 e. The average molecular weight is 1250 g/mol. The Kier molecular flexibility index (Phi) is 31.7. The molecule has 2 aromatic rings. The predicted octanol–water partition coefficient (Wildman–Crippen LogP) is -3.89. The predicted molar refractivity (Wildman–Crippen MR) is 321 cm³/mol. The summed E-state index contributed by atoms with van der Waals surface area (Å²) in [4.78, 5) is 168. The Labute approximate surface area is 509 Å². The molecule has 0 radical (unpaired) electrons. The molecule has 22 N–H and O–H groups in total. The summed E-state index contributed by atoms with van der Waals surface area (Å²) in [5.74, 6) is -14.5. The van der Waals surface area contributed by atoms with Gasteiger partial charge < -0.3 is 96.2 Å². The average Bonchev–Trinajstić information content (AvgIpc) is 2.57. The Morgan fingerprint density at radius 2 is 1.03 bits per heavy atom. The first-order chi connectivity index (χ1) is 40.7. The van der Waals surface area contributed by atoms with E-state index in [2.05, 4.69) is 70.5 Å². The second-order valence-corrected chi connectivity index (χ2v) is 22.4. The van der Waals surface area contributed by atoms with Gasteiger partial charge in [-0.25, -0.2) is 4.79 Å². The number of aromatic nitrogens is 1. The van der Waals surface area contributed by atoms with Gasteiger partial charge in [0.2, 0.25) is 59.1 Å². The van der Waals surface area contributed by atoms with Gasteiger partial charge in [0.15, 0.2) is 5.96 Å². The van der Waals surface area contributed by atoms with Crippen molar-refractivity contribution in [2.24, 2.45) is 45.7 Å². The van der Waals surface area contributed by atoms with E-state index in [4.69, 9.17) is 22.9 Å². The monoisotopic (exact) mass is 1250 g/mol. The third-order valence-corrected chi connectivity index (χ3v) is 14.3. The molecule has 0 aliphatic carbocycles. The van der Waals surface area contributed by atoms with Crippen molar-refractivity contribution in [2.45, 2.75) is 186 Å². The first-order valence-corrected chi connectivity index (χ1v) is 29.1. The number of para-hydroxylation sites is 1. The Balaban J connectivity index is 2.48. The summed E-state index contributed by atoms with van der Waals surface area (Å²) in [5, 5.41) is 64.0. The van der Waals surface area contributed by atoms with Crippen LogP contribution in [-0.4, -0.2) is 187 Å². The number of nitrogens with two attached hydrogens (primary N) is 4. The van der Waals surface area contributed by atoms with Gasteiger partial charge in [-0.15, -0.1) is 0 Å². The van der Waals surface area contributed by atoms with Crippen molar-refractivity contribution in [1.82, 2.24) is 52.8 Å². The molecule has 0 saturated carbocycles. The highest BCUT2D eigenvalue weighted by atomic mass is 32.1. The first kappa shape index (κ1) is 75.0. The zero-order chi connectivity index (χ0) is 66.0. The summed E-state index contributed by atoms with van der Waals surface area (Å²) >= 11 is 4.05. The maximum Gasteiger partial charge on any atom is 0.326 e. The van der Waals surface area contributed by atoms with E-state index in [1.165, 1.54) is 13.8 Å². The number of aliphatic carboxylic acids is 2. The van der Waals surface area contributed by atoms with Crippen molar-refractivity contribution >= 4 is 101 Å². The number of aromatic amines is 1. The van der Waals surface area contributed by atoms with Gasteiger partial charge in [0.25, 0.3) is 0 Å². The minimum absolute atomic E-state index is 0.0298. The van der Waals surface area contributed by atoms with Crippen LogP contribution in [0.3, 0.4) is 0 Å². The van der Waals surface area contributed by atoms with Crippen molar-refractivity contribution in [3.8, 4) is 0 Å². The highest BCUT2D eigenvalue weighted by molar-refractivity contribution is 7.80. The summed E-state index contributed by atoms with van der Waals surface area (Å²) in [6.07, 6.45) is -3.80. The minimum atomic E-state index is -1.92. The van der Waals surface area contributed by atoms with Crippen LogP contribution in [0.15, 0.2) is 35.5 Å². The highest BCUT2D eigenvalue weighted by Gasteiger charge is 2.39. The van der Waals surface area contributed by atoms with E-state index < -0.39 is 175 Å². The smallest absolute Gasteiger partial charge is 0.326 e. The van der Waals surface area contributed by atoms with Gasteiger partial charge in [-0.1, -0.05) is 66.2 Å². The van der Waals surface area contributed by atoms with E-state index in [1.54, 1.807) is 58.2 Å². The molecule has 486 valence electrons. The van der Waals surface area contributed by atoms with Crippen molar-refractivity contribution in [3.05, 3.63) is 36.0 Å². The number of aliphatic hydroxyl groups excluding tert-OH is 2. The number of aliphatic imine (C=N–C) groups is 1. The SMILES string of the molecule is CC[C@H](C)[C@H](NC(=O)[C@@H](NC(=O)[C@@H](NC(=O)[C@@H](NC(=O)[C@H](Cc1c[nH]c2ccccc12)NC(=O)[C@H](CCC(N)=O)NC(=O)[C@H](CC(C)C)NC(=O)[C@@H](N)CS)[C@@H](C)O)[C@@H](C)O)C(C)C)C(=O)N[C@@H](CCC(=O)O)C(=O)N[C@@H](CCCN=C(N)N)C(=O)O. The number of carboxylic acids is 2. The number of thiol groups is 1. The molecule has 0 bridgehead atoms. The summed E-state index contributed by atoms with van der Waals surface area (Å²) in [7, 11) is 0. The molecule has 0 unspecified atom stereocenters. The van der Waals surface area contributed by atoms with Crippen molar-refractivity contribution in [3.63, 3.8) is 0 Å². The molecular weight excluding hydrogens is 1160 g/mol. The van der Waals surface area contributed by atoms with Crippen molar-refractivity contribution < 1.29 is 78.0 Å². The molecule has 0 spiro atoms. The lowest BCUT2D eigenvalue weighted by Crippen LogP contribution is -2.64. The molecule has 0 fully saturated rings. The fraction of sp³-hybridized carbons (Fsp3) is 0.618. The second kappa shape index (κ2) is 36.8. The number of hydrogen-bond acceptors (Lipinski definition) is 17. The maximum absolute atomic E-state index is 14.5. The first-order valence-electron chi connectivity index (χ1n) is 28.5. The molecule has 1 aromatic carbocycles. The van der Waals surface area contributed by atoms with Gasteiger partial charge in [-0.05, 0) is 75.3 Å². The molecule has 2 rings (SSSR count). The second-order valence-electron chi connectivity index (χ2n) is 22.1. The molecule has 32 heteroatoms. The molecule has 0 saturated heterocycles. The number of benzene rings is 1. The molecule has 0 aliphatic rings. The number of primary amides is 1. The van der Waals surface area contributed by atoms with Crippen LogP contribution in [0.4, 0.5) is 0 Å². The lowest BCUT2D eigenvalue weighted by Gasteiger charge is -2.31. The fourth-order valence-corrected chi connectivity index (χ4v) is 8.92. The van der Waals surface area contributed by atoms with Crippen LogP contribution in [0.2, 0.25) is 0 Å². The van der Waals surface area contributed by atoms with Crippen LogP contribution in [-0.2, 0) is 64.0 Å². The lowest BCUT2D eigenvalue weighted by molar-refractivity contribution is -0.143. The van der Waals surface area contributed by atoms with Gasteiger partial charge in [-0.3, -0.25) is 57.7 Å². The summed E-state index contributed by atoms with van der Waals surface area (Å²) in [6, 6.07) is -8.41. The summed E-state index contributed by atoms with van der Waals surface area (Å²) < 4.78 is 0. The molecular formula is C55H89N15O16S. The molecule has 13 atom stereocenters. The lowest BCUT2D eigenvalue weighted by atomic mass is 9.95. The van der Waals surface area contributed by atoms with E-state index in [-0.39, 0.29) is 62.7 Å². The van der Waals surface area contributed by atoms with Gasteiger partial charge in [0.05, 0.1) is 18.2 Å². The number of carboxylic acid groups (broad SMARTS) is 2. The molecule has 31 nitrogen and oxygen atoms in total. The Hall–Kier alpha value is -8.10. The topological polar surface area (TPSA) is 526 Å². The van der Waals surface area contributed by atoms with Gasteiger partial charge in [-0.2, -0.15) is 12.6 Å². The number of fused-ring (bicyclic) bond motifs is 1. The van der Waals surface area contributed by atoms with E-state index in [1.807, 2.05) is 0 Å². The normalized spacial score (nSPS) is 15.8. The van der Waals surface area contributed by atoms with Gasteiger partial charge in [0.1, 0.15) is 54.4 Å². The van der Waals surface area contributed by atoms with E-state index in [0.717, 1.165) is 13.8 Å². The van der Waals surface area contributed by atoms with Gasteiger partial charge in [0, 0.05) is 48.7 Å². The Morgan fingerprint density at radius 1 is 0.575 bits per heavy atom. The highest BCUT2D eigenvalue weighted by Crippen LogP contribution is 2.20. The zero-order valence-electron chi connectivity index (χ0n) is 50.2. The van der Waals surface area contributed by atoms with Crippen LogP contribution in [0.5, 0.6) is 0 Å². The van der Waals surface area contributed by atoms with Gasteiger partial charge >= 0.3 is 11.9 Å². The number of nitrogens with one attached hydrogen (secondary N) is 10. The number of hydrogen-bond donors (Lipinski definition) is 19. The minimum Gasteiger partial charge on any atom is -0.481 e. The van der Waals surface area contributed by atoms with Crippen LogP contribution in [0.1, 0.15) is 112 Å². The number of nitrogens with zero attached hydrogens (tertiary/aromatic N) is 1. The van der Waals surface area contributed by atoms with Crippen LogP contribution in [0, 0.1) is 17.8 Å². The number of H-pyrrole nitrogens is 1. The fourth-order valence-electron chi connectivity index (χ4n) is 8.76. The number of guanidine groups is 1. The van der Waals surface area contributed by atoms with Crippen molar-refractivity contribution in [1.29, 1.82) is 0 Å². The van der Waals surface area contributed by atoms with E-state index >= 15 is 0 Å². The molecule has 87 heavy (non-hydrogen) atoms. The number of rotatable bonds is 39. The van der Waals surface area contributed by atoms with Crippen LogP contribution >= 0.6 is 12.6 Å². The van der Waals surface area contributed by atoms with Crippen molar-refractivity contribution in [2.75, 3.05) is 12.3 Å². The Bertz CT molecular complexity index is 2740. The maximum atomic E-state index is 14.5. The third kappa shape index (κ3) is 25.4. The van der Waals surface area contributed by atoms with E-state index in [0.29, 0.717) is 16.5 Å². The van der Waals surface area contributed by atoms with E-state index in [9.17, 15) is 78.0 Å². The zero-order valence-corrected chi connectivity index (χ0v) is 51.1. The molecule has 10 amide bonds. The van der Waals surface area contributed by atoms with Crippen LogP contribution in [0.25, 0.3) is 10.9 Å². The molecule has 0 aliphatic heterocycles. The Morgan fingerprint density at radius 3 is 1.54 bits per heavy atom.